The van der Waals surface area contributed by atoms with E-state index in [1.54, 1.807) is 11.4 Å². The number of fused-ring (bicyclic) bond motifs is 3. The van der Waals surface area contributed by atoms with Gasteiger partial charge in [0.1, 0.15) is 5.82 Å². The summed E-state index contributed by atoms with van der Waals surface area (Å²) in [4.78, 5) is 13.1. The van der Waals surface area contributed by atoms with Gasteiger partial charge >= 0.3 is 6.18 Å². The van der Waals surface area contributed by atoms with E-state index in [-0.39, 0.29) is 10.5 Å². The molecule has 0 radical (unpaired) electrons. The number of anilines is 1. The first-order chi connectivity index (χ1) is 12.2. The van der Waals surface area contributed by atoms with Gasteiger partial charge < -0.3 is 9.80 Å². The Balaban J connectivity index is 1.97. The van der Waals surface area contributed by atoms with E-state index in [0.29, 0.717) is 35.9 Å². The molecule has 0 bridgehead atoms. The summed E-state index contributed by atoms with van der Waals surface area (Å²) < 4.78 is 41.3. The lowest BCUT2D eigenvalue weighted by molar-refractivity contribution is -0.137. The van der Waals surface area contributed by atoms with Gasteiger partial charge in [0.2, 0.25) is 5.95 Å². The predicted molar refractivity (Wildman–Crippen MR) is 92.7 cm³/mol. The normalized spacial score (nSPS) is 16.8. The van der Waals surface area contributed by atoms with Crippen LogP contribution in [0.25, 0.3) is 16.6 Å². The van der Waals surface area contributed by atoms with Crippen molar-refractivity contribution in [2.24, 2.45) is 0 Å². The highest BCUT2D eigenvalue weighted by Crippen LogP contribution is 2.38. The van der Waals surface area contributed by atoms with Crippen LogP contribution in [0.5, 0.6) is 0 Å². The fourth-order valence-electron chi connectivity index (χ4n) is 3.15. The van der Waals surface area contributed by atoms with Crippen molar-refractivity contribution in [3.05, 3.63) is 28.5 Å². The topological polar surface area (TPSA) is 49.6 Å². The zero-order valence-corrected chi connectivity index (χ0v) is 14.9. The molecule has 1 aromatic carbocycles. The molecule has 138 valence electrons. The van der Waals surface area contributed by atoms with Crippen LogP contribution in [0.4, 0.5) is 19.1 Å². The molecule has 3 aromatic rings. The molecule has 6 nitrogen and oxygen atoms in total. The van der Waals surface area contributed by atoms with Crippen molar-refractivity contribution < 1.29 is 13.2 Å². The number of benzene rings is 1. The molecular formula is C16H16ClF3N6. The number of aromatic nitrogens is 4. The molecule has 0 unspecified atom stereocenters. The summed E-state index contributed by atoms with van der Waals surface area (Å²) in [5.41, 5.74) is -0.239. The van der Waals surface area contributed by atoms with Gasteiger partial charge in [-0.3, -0.25) is 0 Å². The Hall–Kier alpha value is -2.13. The number of piperazine rings is 1. The van der Waals surface area contributed by atoms with Crippen LogP contribution in [-0.2, 0) is 6.18 Å². The van der Waals surface area contributed by atoms with Crippen molar-refractivity contribution >= 4 is 34.1 Å². The van der Waals surface area contributed by atoms with Crippen LogP contribution in [0.2, 0.25) is 5.02 Å². The summed E-state index contributed by atoms with van der Waals surface area (Å²) in [5.74, 6) is 1.02. The zero-order chi connectivity index (χ0) is 18.6. The van der Waals surface area contributed by atoms with Crippen molar-refractivity contribution in [2.75, 3.05) is 38.1 Å². The average molecular weight is 385 g/mol. The van der Waals surface area contributed by atoms with Gasteiger partial charge in [0, 0.05) is 31.6 Å². The van der Waals surface area contributed by atoms with Gasteiger partial charge in [0.05, 0.1) is 16.1 Å². The van der Waals surface area contributed by atoms with E-state index in [4.69, 9.17) is 11.6 Å². The van der Waals surface area contributed by atoms with E-state index in [2.05, 4.69) is 20.0 Å². The van der Waals surface area contributed by atoms with Gasteiger partial charge in [-0.2, -0.15) is 17.7 Å². The molecule has 1 aliphatic rings. The second-order valence-electron chi connectivity index (χ2n) is 6.44. The number of alkyl halides is 3. The second kappa shape index (κ2) is 5.95. The van der Waals surface area contributed by atoms with Crippen molar-refractivity contribution in [2.45, 2.75) is 13.1 Å². The largest absolute Gasteiger partial charge is 0.417 e. The highest BCUT2D eigenvalue weighted by Gasteiger charge is 2.34. The molecular weight excluding hydrogens is 369 g/mol. The van der Waals surface area contributed by atoms with Gasteiger partial charge in [-0.1, -0.05) is 11.6 Å². The second-order valence-corrected chi connectivity index (χ2v) is 6.85. The number of hydrogen-bond donors (Lipinski definition) is 0. The lowest BCUT2D eigenvalue weighted by Crippen LogP contribution is -2.45. The Morgan fingerprint density at radius 2 is 1.77 bits per heavy atom. The smallest absolute Gasteiger partial charge is 0.338 e. The maximum atomic E-state index is 13.2. The molecule has 0 aliphatic carbocycles. The van der Waals surface area contributed by atoms with Crippen molar-refractivity contribution in [3.8, 4) is 0 Å². The Morgan fingerprint density at radius 3 is 2.42 bits per heavy atom. The maximum Gasteiger partial charge on any atom is 0.417 e. The third-order valence-electron chi connectivity index (χ3n) is 4.54. The van der Waals surface area contributed by atoms with Crippen LogP contribution < -0.4 is 4.90 Å². The Bertz CT molecular complexity index is 991. The van der Waals surface area contributed by atoms with E-state index >= 15 is 0 Å². The summed E-state index contributed by atoms with van der Waals surface area (Å²) in [6, 6.07) is 2.26. The van der Waals surface area contributed by atoms with E-state index in [1.807, 2.05) is 11.9 Å². The maximum absolute atomic E-state index is 13.2. The standard InChI is InChI=1S/C16H16ClF3N6/c1-9-21-14-10-7-12(17)11(16(18,19)20)8-13(10)22-15(26(14)23-9)25-5-3-24(2)4-6-25/h7-8H,3-6H2,1-2H3. The Kier molecular flexibility index (Phi) is 3.96. The fourth-order valence-corrected chi connectivity index (χ4v) is 3.42. The molecule has 0 saturated carbocycles. The predicted octanol–water partition coefficient (Wildman–Crippen LogP) is 3.01. The molecule has 0 N–H and O–H groups in total. The van der Waals surface area contributed by atoms with E-state index < -0.39 is 11.7 Å². The molecule has 0 atom stereocenters. The zero-order valence-electron chi connectivity index (χ0n) is 14.2. The number of rotatable bonds is 1. The SMILES string of the molecule is Cc1nc2c3cc(Cl)c(C(F)(F)F)cc3nc(N3CCN(C)CC3)n2n1. The van der Waals surface area contributed by atoms with Crippen LogP contribution >= 0.6 is 11.6 Å². The first-order valence-electron chi connectivity index (χ1n) is 8.11. The number of halogens is 4. The first-order valence-corrected chi connectivity index (χ1v) is 8.49. The summed E-state index contributed by atoms with van der Waals surface area (Å²) in [6.07, 6.45) is -4.54. The summed E-state index contributed by atoms with van der Waals surface area (Å²) in [6.45, 7) is 4.83. The van der Waals surface area contributed by atoms with Crippen LogP contribution in [-0.4, -0.2) is 57.7 Å². The van der Waals surface area contributed by atoms with Crippen LogP contribution in [0, 0.1) is 6.92 Å². The van der Waals surface area contributed by atoms with Crippen LogP contribution in [0.3, 0.4) is 0 Å². The van der Waals surface area contributed by atoms with E-state index in [1.165, 1.54) is 6.07 Å². The molecule has 10 heteroatoms. The lowest BCUT2D eigenvalue weighted by Gasteiger charge is -2.33. The summed E-state index contributed by atoms with van der Waals surface area (Å²) in [5, 5.41) is 4.45. The Morgan fingerprint density at radius 1 is 1.08 bits per heavy atom. The number of nitrogens with zero attached hydrogens (tertiary/aromatic N) is 6. The fraction of sp³-hybridized carbons (Fsp3) is 0.438. The van der Waals surface area contributed by atoms with Crippen molar-refractivity contribution in [1.82, 2.24) is 24.5 Å². The lowest BCUT2D eigenvalue weighted by atomic mass is 10.1. The molecule has 1 aliphatic heterocycles. The first kappa shape index (κ1) is 17.3. The van der Waals surface area contributed by atoms with Crippen LogP contribution in [0.1, 0.15) is 11.4 Å². The summed E-state index contributed by atoms with van der Waals surface area (Å²) in [7, 11) is 2.03. The monoisotopic (exact) mass is 384 g/mol. The Labute approximate surface area is 152 Å². The van der Waals surface area contributed by atoms with E-state index in [9.17, 15) is 13.2 Å². The molecule has 1 fully saturated rings. The third kappa shape index (κ3) is 2.84. The van der Waals surface area contributed by atoms with Gasteiger partial charge in [-0.25, -0.2) is 9.97 Å². The minimum Gasteiger partial charge on any atom is -0.338 e. The van der Waals surface area contributed by atoms with Gasteiger partial charge in [-0.15, -0.1) is 5.10 Å². The highest BCUT2D eigenvalue weighted by atomic mass is 35.5. The van der Waals surface area contributed by atoms with E-state index in [0.717, 1.165) is 19.2 Å². The molecule has 0 amide bonds. The van der Waals surface area contributed by atoms with Gasteiger partial charge in [0.25, 0.3) is 0 Å². The molecule has 1 saturated heterocycles. The van der Waals surface area contributed by atoms with Crippen molar-refractivity contribution in [3.63, 3.8) is 0 Å². The minimum absolute atomic E-state index is 0.204. The minimum atomic E-state index is -4.54. The molecule has 4 rings (SSSR count). The quantitative estimate of drug-likeness (QED) is 0.645. The number of hydrogen-bond acceptors (Lipinski definition) is 5. The molecule has 2 aromatic heterocycles. The highest BCUT2D eigenvalue weighted by molar-refractivity contribution is 6.32. The molecule has 3 heterocycles. The van der Waals surface area contributed by atoms with Crippen molar-refractivity contribution in [1.29, 1.82) is 0 Å². The number of aryl methyl sites for hydroxylation is 1. The van der Waals surface area contributed by atoms with Gasteiger partial charge in [0.15, 0.2) is 5.65 Å². The summed E-state index contributed by atoms with van der Waals surface area (Å²) >= 11 is 5.88. The molecule has 0 spiro atoms. The van der Waals surface area contributed by atoms with Crippen LogP contribution in [0.15, 0.2) is 12.1 Å². The van der Waals surface area contributed by atoms with Gasteiger partial charge in [-0.05, 0) is 26.1 Å². The third-order valence-corrected chi connectivity index (χ3v) is 4.85. The molecule has 26 heavy (non-hydrogen) atoms. The average Bonchev–Trinajstić information content (AvgIpc) is 2.95. The number of likely N-dealkylation sites (N-methyl/N-ethyl adjacent to an activating group) is 1.